The highest BCUT2D eigenvalue weighted by molar-refractivity contribution is 9.15. The summed E-state index contributed by atoms with van der Waals surface area (Å²) in [6, 6.07) is 13.2. The van der Waals surface area contributed by atoms with Crippen molar-refractivity contribution in [2.75, 3.05) is 4.90 Å². The average molecular weight is 354 g/mol. The number of benzene rings is 2. The largest absolute Gasteiger partial charge is 0.416 e. The predicted molar refractivity (Wildman–Crippen MR) is 81.0 cm³/mol. The van der Waals surface area contributed by atoms with Crippen LogP contribution in [0.3, 0.4) is 0 Å². The second kappa shape index (κ2) is 5.22. The molecule has 0 bridgehead atoms. The Balaban J connectivity index is 1.99. The normalized spacial score (nSPS) is 14.7. The van der Waals surface area contributed by atoms with Crippen molar-refractivity contribution in [3.63, 3.8) is 0 Å². The van der Waals surface area contributed by atoms with Gasteiger partial charge in [0, 0.05) is 22.9 Å². The lowest BCUT2D eigenvalue weighted by atomic mass is 10.0. The maximum absolute atomic E-state index is 12.8. The zero-order chi connectivity index (χ0) is 15.0. The van der Waals surface area contributed by atoms with E-state index < -0.39 is 11.7 Å². The van der Waals surface area contributed by atoms with Crippen LogP contribution in [-0.2, 0) is 12.7 Å². The van der Waals surface area contributed by atoms with E-state index in [-0.39, 0.29) is 0 Å². The summed E-state index contributed by atoms with van der Waals surface area (Å²) >= 11 is 3.48. The lowest BCUT2D eigenvalue weighted by molar-refractivity contribution is -0.137. The molecule has 2 aromatic rings. The molecule has 5 heteroatoms. The Hall–Kier alpha value is -1.75. The molecule has 1 aliphatic rings. The molecule has 1 aliphatic heterocycles. The molecule has 0 amide bonds. The monoisotopic (exact) mass is 353 g/mol. The number of nitrogens with zero attached hydrogens (tertiary/aromatic N) is 1. The van der Waals surface area contributed by atoms with Gasteiger partial charge in [-0.1, -0.05) is 30.3 Å². The molecule has 3 rings (SSSR count). The van der Waals surface area contributed by atoms with Gasteiger partial charge in [-0.25, -0.2) is 0 Å². The highest BCUT2D eigenvalue weighted by Gasteiger charge is 2.31. The molecule has 0 N–H and O–H groups in total. The summed E-state index contributed by atoms with van der Waals surface area (Å²) in [5, 5.41) is 0. The molecule has 21 heavy (non-hydrogen) atoms. The molecule has 0 saturated heterocycles. The van der Waals surface area contributed by atoms with E-state index in [9.17, 15) is 13.2 Å². The third kappa shape index (κ3) is 2.83. The molecule has 0 aromatic heterocycles. The summed E-state index contributed by atoms with van der Waals surface area (Å²) < 4.78 is 39.3. The Morgan fingerprint density at radius 3 is 2.52 bits per heavy atom. The number of alkyl halides is 3. The lowest BCUT2D eigenvalue weighted by Gasteiger charge is -2.27. The van der Waals surface area contributed by atoms with Gasteiger partial charge in [-0.15, -0.1) is 0 Å². The number of anilines is 1. The lowest BCUT2D eigenvalue weighted by Crippen LogP contribution is -2.20. The van der Waals surface area contributed by atoms with Crippen molar-refractivity contribution in [2.24, 2.45) is 0 Å². The van der Waals surface area contributed by atoms with Crippen LogP contribution in [0.4, 0.5) is 18.9 Å². The minimum absolute atomic E-state index is 0.524. The van der Waals surface area contributed by atoms with Gasteiger partial charge in [-0.3, -0.25) is 0 Å². The van der Waals surface area contributed by atoms with Crippen LogP contribution in [0.15, 0.2) is 54.7 Å². The average Bonchev–Trinajstić information content (AvgIpc) is 2.46. The van der Waals surface area contributed by atoms with Gasteiger partial charge >= 0.3 is 6.18 Å². The number of halogens is 4. The number of fused-ring (bicyclic) bond motifs is 1. The van der Waals surface area contributed by atoms with E-state index in [1.807, 2.05) is 35.4 Å². The second-order valence-electron chi connectivity index (χ2n) is 4.81. The first kappa shape index (κ1) is 14.2. The molecule has 0 aliphatic carbocycles. The Morgan fingerprint density at radius 1 is 1.00 bits per heavy atom. The Morgan fingerprint density at radius 2 is 1.76 bits per heavy atom. The van der Waals surface area contributed by atoms with E-state index >= 15 is 0 Å². The smallest absolute Gasteiger partial charge is 0.342 e. The number of hydrogen-bond donors (Lipinski definition) is 0. The van der Waals surface area contributed by atoms with Crippen LogP contribution in [0, 0.1) is 0 Å². The van der Waals surface area contributed by atoms with Gasteiger partial charge in [-0.2, -0.15) is 13.2 Å². The fourth-order valence-electron chi connectivity index (χ4n) is 2.35. The SMILES string of the molecule is FC(F)(F)c1cccc(N2C=C(Br)c3ccccc3C2)c1. The summed E-state index contributed by atoms with van der Waals surface area (Å²) in [7, 11) is 0. The van der Waals surface area contributed by atoms with Gasteiger partial charge < -0.3 is 4.90 Å². The second-order valence-corrected chi connectivity index (χ2v) is 5.66. The minimum atomic E-state index is -4.33. The van der Waals surface area contributed by atoms with Crippen molar-refractivity contribution in [3.05, 3.63) is 71.4 Å². The maximum atomic E-state index is 12.8. The number of hydrogen-bond acceptors (Lipinski definition) is 1. The molecule has 0 saturated carbocycles. The molecule has 0 unspecified atom stereocenters. The molecule has 0 fully saturated rings. The maximum Gasteiger partial charge on any atom is 0.416 e. The van der Waals surface area contributed by atoms with Crippen LogP contribution in [0.2, 0.25) is 0 Å². The van der Waals surface area contributed by atoms with Crippen molar-refractivity contribution >= 4 is 26.1 Å². The molecule has 1 heterocycles. The molecular weight excluding hydrogens is 343 g/mol. The zero-order valence-electron chi connectivity index (χ0n) is 10.9. The fourth-order valence-corrected chi connectivity index (χ4v) is 2.99. The number of rotatable bonds is 1. The van der Waals surface area contributed by atoms with Crippen molar-refractivity contribution in [1.82, 2.24) is 0 Å². The van der Waals surface area contributed by atoms with Gasteiger partial charge in [-0.05, 0) is 45.3 Å². The summed E-state index contributed by atoms with van der Waals surface area (Å²) in [5.74, 6) is 0. The fraction of sp³-hybridized carbons (Fsp3) is 0.125. The van der Waals surface area contributed by atoms with E-state index in [0.717, 1.165) is 21.7 Å². The zero-order valence-corrected chi connectivity index (χ0v) is 12.4. The summed E-state index contributed by atoms with van der Waals surface area (Å²) in [6.45, 7) is 0.548. The molecule has 1 nitrogen and oxygen atoms in total. The van der Waals surface area contributed by atoms with Gasteiger partial charge in [0.05, 0.1) is 5.56 Å². The van der Waals surface area contributed by atoms with Gasteiger partial charge in [0.2, 0.25) is 0 Å². The van der Waals surface area contributed by atoms with Gasteiger partial charge in [0.25, 0.3) is 0 Å². The van der Waals surface area contributed by atoms with E-state index in [2.05, 4.69) is 15.9 Å². The minimum Gasteiger partial charge on any atom is -0.342 e. The van der Waals surface area contributed by atoms with Crippen molar-refractivity contribution in [2.45, 2.75) is 12.7 Å². The van der Waals surface area contributed by atoms with Gasteiger partial charge in [0.15, 0.2) is 0 Å². The Bertz CT molecular complexity index is 707. The van der Waals surface area contributed by atoms with E-state index in [1.54, 1.807) is 6.07 Å². The van der Waals surface area contributed by atoms with Crippen LogP contribution in [0.5, 0.6) is 0 Å². The van der Waals surface area contributed by atoms with E-state index in [1.165, 1.54) is 12.1 Å². The third-order valence-electron chi connectivity index (χ3n) is 3.39. The molecule has 0 atom stereocenters. The highest BCUT2D eigenvalue weighted by Crippen LogP contribution is 2.36. The molecule has 108 valence electrons. The first-order valence-corrected chi connectivity index (χ1v) is 7.14. The van der Waals surface area contributed by atoms with Crippen LogP contribution in [0.25, 0.3) is 4.48 Å². The standard InChI is InChI=1S/C16H11BrF3N/c17-15-10-21(9-11-4-1-2-7-14(11)15)13-6-3-5-12(8-13)16(18,19)20/h1-8,10H,9H2. The van der Waals surface area contributed by atoms with Crippen molar-refractivity contribution in [1.29, 1.82) is 0 Å². The molecule has 2 aromatic carbocycles. The van der Waals surface area contributed by atoms with Crippen molar-refractivity contribution < 1.29 is 13.2 Å². The summed E-state index contributed by atoms with van der Waals surface area (Å²) in [4.78, 5) is 1.81. The highest BCUT2D eigenvalue weighted by atomic mass is 79.9. The first-order valence-electron chi connectivity index (χ1n) is 6.34. The molecular formula is C16H11BrF3N. The quantitative estimate of drug-likeness (QED) is 0.661. The van der Waals surface area contributed by atoms with Crippen LogP contribution in [-0.4, -0.2) is 0 Å². The van der Waals surface area contributed by atoms with E-state index in [0.29, 0.717) is 12.2 Å². The first-order chi connectivity index (χ1) is 9.95. The third-order valence-corrected chi connectivity index (χ3v) is 4.02. The van der Waals surface area contributed by atoms with Crippen molar-refractivity contribution in [3.8, 4) is 0 Å². The molecule has 0 spiro atoms. The van der Waals surface area contributed by atoms with Crippen LogP contribution < -0.4 is 4.90 Å². The van der Waals surface area contributed by atoms with Gasteiger partial charge in [0.1, 0.15) is 0 Å². The topological polar surface area (TPSA) is 3.24 Å². The Kier molecular flexibility index (Phi) is 3.53. The van der Waals surface area contributed by atoms with E-state index in [4.69, 9.17) is 0 Å². The molecule has 0 radical (unpaired) electrons. The summed E-state index contributed by atoms with van der Waals surface area (Å²) in [5.41, 5.74) is 2.03. The van der Waals surface area contributed by atoms with Crippen LogP contribution in [0.1, 0.15) is 16.7 Å². The summed E-state index contributed by atoms with van der Waals surface area (Å²) in [6.07, 6.45) is -2.51. The predicted octanol–water partition coefficient (Wildman–Crippen LogP) is 5.42. The van der Waals surface area contributed by atoms with Crippen LogP contribution >= 0.6 is 15.9 Å². The Labute approximate surface area is 128 Å².